The van der Waals surface area contributed by atoms with Crippen LogP contribution in [0.15, 0.2) is 36.7 Å². The number of hydrogen-bond acceptors (Lipinski definition) is 3. The number of nitrogens with zero attached hydrogens (tertiary/aromatic N) is 2. The van der Waals surface area contributed by atoms with Gasteiger partial charge in [0.2, 0.25) is 11.8 Å². The molecular weight excluding hydrogens is 364 g/mol. The van der Waals surface area contributed by atoms with Crippen molar-refractivity contribution < 1.29 is 9.59 Å². The summed E-state index contributed by atoms with van der Waals surface area (Å²) < 4.78 is 0. The first-order valence-corrected chi connectivity index (χ1v) is 9.70. The van der Waals surface area contributed by atoms with Crippen molar-refractivity contribution in [2.45, 2.75) is 33.2 Å². The number of amides is 2. The molecule has 0 spiro atoms. The summed E-state index contributed by atoms with van der Waals surface area (Å²) in [6, 6.07) is 6.26. The van der Waals surface area contributed by atoms with Crippen molar-refractivity contribution in [3.63, 3.8) is 0 Å². The molecule has 1 aliphatic heterocycles. The number of carbonyl (C=O) groups is 2. The van der Waals surface area contributed by atoms with Crippen LogP contribution in [0, 0.1) is 13.8 Å². The highest BCUT2D eigenvalue weighted by molar-refractivity contribution is 5.94. The minimum Gasteiger partial charge on any atom is -0.361 e. The highest BCUT2D eigenvalue weighted by atomic mass is 16.2. The Morgan fingerprint density at radius 2 is 2.03 bits per heavy atom. The number of aromatic amines is 1. The van der Waals surface area contributed by atoms with Gasteiger partial charge in [0.1, 0.15) is 5.82 Å². The summed E-state index contributed by atoms with van der Waals surface area (Å²) in [5, 5.41) is 3.95. The molecule has 0 saturated heterocycles. The van der Waals surface area contributed by atoms with E-state index >= 15 is 0 Å². The number of nitrogens with one attached hydrogen (secondary N) is 2. The third kappa shape index (κ3) is 3.92. The molecule has 2 aromatic heterocycles. The lowest BCUT2D eigenvalue weighted by Crippen LogP contribution is -2.24. The number of anilines is 1. The second-order valence-electron chi connectivity index (χ2n) is 7.65. The number of benzene rings is 1. The van der Waals surface area contributed by atoms with Gasteiger partial charge in [-0.1, -0.05) is 0 Å². The van der Waals surface area contributed by atoms with Crippen molar-refractivity contribution >= 4 is 34.6 Å². The number of rotatable bonds is 4. The highest BCUT2D eigenvalue weighted by Crippen LogP contribution is 2.23. The largest absolute Gasteiger partial charge is 0.361 e. The van der Waals surface area contributed by atoms with Gasteiger partial charge in [0, 0.05) is 49.4 Å². The van der Waals surface area contributed by atoms with E-state index in [9.17, 15) is 9.59 Å². The lowest BCUT2D eigenvalue weighted by molar-refractivity contribution is -0.125. The van der Waals surface area contributed by atoms with Gasteiger partial charge in [0.15, 0.2) is 0 Å². The summed E-state index contributed by atoms with van der Waals surface area (Å²) in [6.45, 7) is 4.69. The van der Waals surface area contributed by atoms with E-state index in [1.54, 1.807) is 30.3 Å². The summed E-state index contributed by atoms with van der Waals surface area (Å²) in [5.74, 6) is 0.544. The van der Waals surface area contributed by atoms with Gasteiger partial charge in [-0.25, -0.2) is 4.98 Å². The molecule has 2 N–H and O–H groups in total. The van der Waals surface area contributed by atoms with Gasteiger partial charge in [0.25, 0.3) is 0 Å². The Hall–Kier alpha value is -3.41. The Morgan fingerprint density at radius 1 is 1.21 bits per heavy atom. The van der Waals surface area contributed by atoms with E-state index in [4.69, 9.17) is 0 Å². The Balaban J connectivity index is 1.46. The highest BCUT2D eigenvalue weighted by Gasteiger charge is 2.16. The number of carbonyl (C=O) groups excluding carboxylic acids is 2. The Bertz CT molecular complexity index is 1140. The van der Waals surface area contributed by atoms with Crippen molar-refractivity contribution in [1.82, 2.24) is 14.9 Å². The van der Waals surface area contributed by atoms with Gasteiger partial charge in [-0.3, -0.25) is 9.59 Å². The predicted molar refractivity (Wildman–Crippen MR) is 114 cm³/mol. The van der Waals surface area contributed by atoms with Crippen LogP contribution < -0.4 is 5.32 Å². The first-order chi connectivity index (χ1) is 13.9. The van der Waals surface area contributed by atoms with Crippen LogP contribution in [-0.2, 0) is 22.6 Å². The van der Waals surface area contributed by atoms with E-state index in [0.29, 0.717) is 25.2 Å². The lowest BCUT2D eigenvalue weighted by Gasteiger charge is -2.17. The van der Waals surface area contributed by atoms with Gasteiger partial charge in [-0.15, -0.1) is 0 Å². The van der Waals surface area contributed by atoms with E-state index in [1.807, 2.05) is 12.3 Å². The molecule has 1 aromatic carbocycles. The van der Waals surface area contributed by atoms with Crippen LogP contribution in [0.1, 0.15) is 34.2 Å². The molecule has 0 aliphatic carbocycles. The predicted octanol–water partition coefficient (Wildman–Crippen LogP) is 3.74. The number of likely N-dealkylation sites (N-methyl/N-ethyl adjacent to an activating group) is 1. The standard InChI is InChI=1S/C23H24N4O2/c1-14-8-20-19(15(2)11-24-20)10-18(14)13-27(3)22(29)7-4-16-9-17-5-6-21(28)26-23(17)25-12-16/h4,7-12,24H,5-6,13H2,1-3H3,(H,25,26,28). The smallest absolute Gasteiger partial charge is 0.246 e. The third-order valence-corrected chi connectivity index (χ3v) is 5.41. The SMILES string of the molecule is Cc1cc2[nH]cc(C)c2cc1CN(C)C(=O)C=Cc1cnc2c(c1)CCC(=O)N2. The van der Waals surface area contributed by atoms with Crippen molar-refractivity contribution in [1.29, 1.82) is 0 Å². The van der Waals surface area contributed by atoms with Gasteiger partial charge >= 0.3 is 0 Å². The number of aryl methyl sites for hydroxylation is 3. The molecule has 0 fully saturated rings. The van der Waals surface area contributed by atoms with E-state index < -0.39 is 0 Å². The number of fused-ring (bicyclic) bond motifs is 2. The summed E-state index contributed by atoms with van der Waals surface area (Å²) >= 11 is 0. The molecule has 1 aliphatic rings. The maximum atomic E-state index is 12.6. The molecule has 29 heavy (non-hydrogen) atoms. The van der Waals surface area contributed by atoms with E-state index in [0.717, 1.165) is 27.8 Å². The van der Waals surface area contributed by atoms with Crippen LogP contribution in [-0.4, -0.2) is 33.7 Å². The Morgan fingerprint density at radius 3 is 2.86 bits per heavy atom. The van der Waals surface area contributed by atoms with Gasteiger partial charge in [-0.2, -0.15) is 0 Å². The summed E-state index contributed by atoms with van der Waals surface area (Å²) in [7, 11) is 1.81. The van der Waals surface area contributed by atoms with Gasteiger partial charge < -0.3 is 15.2 Å². The number of pyridine rings is 1. The van der Waals surface area contributed by atoms with Crippen LogP contribution in [0.3, 0.4) is 0 Å². The summed E-state index contributed by atoms with van der Waals surface area (Å²) in [6.07, 6.45) is 8.15. The van der Waals surface area contributed by atoms with Crippen molar-refractivity contribution in [3.05, 3.63) is 64.5 Å². The molecule has 3 aromatic rings. The molecule has 0 bridgehead atoms. The molecule has 3 heterocycles. The molecule has 6 heteroatoms. The fraction of sp³-hybridized carbons (Fsp3) is 0.261. The van der Waals surface area contributed by atoms with Crippen LogP contribution in [0.2, 0.25) is 0 Å². The molecule has 4 rings (SSSR count). The third-order valence-electron chi connectivity index (χ3n) is 5.41. The number of H-pyrrole nitrogens is 1. The zero-order chi connectivity index (χ0) is 20.5. The minimum atomic E-state index is -0.0682. The number of hydrogen-bond donors (Lipinski definition) is 2. The fourth-order valence-electron chi connectivity index (χ4n) is 3.63. The quantitative estimate of drug-likeness (QED) is 0.669. The maximum Gasteiger partial charge on any atom is 0.246 e. The Labute approximate surface area is 169 Å². The van der Waals surface area contributed by atoms with Crippen molar-refractivity contribution in [3.8, 4) is 0 Å². The molecular formula is C23H24N4O2. The lowest BCUT2D eigenvalue weighted by atomic mass is 10.0. The molecule has 0 unspecified atom stereocenters. The Kier molecular flexibility index (Phi) is 4.92. The molecule has 0 atom stereocenters. The minimum absolute atomic E-state index is 0.00610. The summed E-state index contributed by atoms with van der Waals surface area (Å²) in [5.41, 5.74) is 6.46. The average Bonchev–Trinajstić information content (AvgIpc) is 3.05. The molecule has 0 saturated carbocycles. The first kappa shape index (κ1) is 18.9. The number of aromatic nitrogens is 2. The second-order valence-corrected chi connectivity index (χ2v) is 7.65. The van der Waals surface area contributed by atoms with E-state index in [2.05, 4.69) is 41.3 Å². The van der Waals surface area contributed by atoms with E-state index in [1.165, 1.54) is 10.9 Å². The molecule has 148 valence electrons. The normalized spacial score (nSPS) is 13.6. The fourth-order valence-corrected chi connectivity index (χ4v) is 3.63. The van der Waals surface area contributed by atoms with Crippen LogP contribution in [0.4, 0.5) is 5.82 Å². The van der Waals surface area contributed by atoms with Gasteiger partial charge in [-0.05, 0) is 72.4 Å². The average molecular weight is 388 g/mol. The van der Waals surface area contributed by atoms with E-state index in [-0.39, 0.29) is 11.8 Å². The molecule has 6 nitrogen and oxygen atoms in total. The van der Waals surface area contributed by atoms with Crippen LogP contribution >= 0.6 is 0 Å². The maximum absolute atomic E-state index is 12.6. The first-order valence-electron chi connectivity index (χ1n) is 9.70. The van der Waals surface area contributed by atoms with Crippen molar-refractivity contribution in [2.24, 2.45) is 0 Å². The molecule has 2 amide bonds. The summed E-state index contributed by atoms with van der Waals surface area (Å²) in [4.78, 5) is 33.3. The van der Waals surface area contributed by atoms with Crippen LogP contribution in [0.5, 0.6) is 0 Å². The topological polar surface area (TPSA) is 78.1 Å². The zero-order valence-electron chi connectivity index (χ0n) is 16.9. The molecule has 0 radical (unpaired) electrons. The second kappa shape index (κ2) is 7.54. The zero-order valence-corrected chi connectivity index (χ0v) is 16.9. The van der Waals surface area contributed by atoms with Crippen molar-refractivity contribution in [2.75, 3.05) is 12.4 Å². The van der Waals surface area contributed by atoms with Crippen LogP contribution in [0.25, 0.3) is 17.0 Å². The van der Waals surface area contributed by atoms with Gasteiger partial charge in [0.05, 0.1) is 0 Å². The monoisotopic (exact) mass is 388 g/mol.